The lowest BCUT2D eigenvalue weighted by Crippen LogP contribution is -2.46. The van der Waals surface area contributed by atoms with Crippen molar-refractivity contribution in [2.45, 2.75) is 19.4 Å². The van der Waals surface area contributed by atoms with Gasteiger partial charge in [0.15, 0.2) is 0 Å². The molecular formula is C16H21ClFN3O2. The van der Waals surface area contributed by atoms with Crippen molar-refractivity contribution in [1.82, 2.24) is 15.1 Å². The summed E-state index contributed by atoms with van der Waals surface area (Å²) in [6.07, 6.45) is 1.30. The van der Waals surface area contributed by atoms with Gasteiger partial charge in [0.2, 0.25) is 5.91 Å². The molecule has 23 heavy (non-hydrogen) atoms. The maximum absolute atomic E-state index is 13.1. The number of hydrogen-bond acceptors (Lipinski definition) is 2. The van der Waals surface area contributed by atoms with E-state index in [4.69, 9.17) is 11.6 Å². The first-order valence-corrected chi connectivity index (χ1v) is 7.94. The number of likely N-dealkylation sites (tertiary alicyclic amines) is 1. The van der Waals surface area contributed by atoms with Crippen LogP contribution in [0.4, 0.5) is 9.18 Å². The van der Waals surface area contributed by atoms with Crippen LogP contribution in [-0.2, 0) is 11.3 Å². The number of rotatable bonds is 3. The van der Waals surface area contributed by atoms with Crippen LogP contribution < -0.4 is 5.32 Å². The summed E-state index contributed by atoms with van der Waals surface area (Å²) in [6.45, 7) is 1.48. The quantitative estimate of drug-likeness (QED) is 0.918. The van der Waals surface area contributed by atoms with Crippen molar-refractivity contribution in [3.63, 3.8) is 0 Å². The highest BCUT2D eigenvalue weighted by atomic mass is 35.5. The molecular weight excluding hydrogens is 321 g/mol. The van der Waals surface area contributed by atoms with Gasteiger partial charge in [-0.3, -0.25) is 4.79 Å². The van der Waals surface area contributed by atoms with E-state index in [1.54, 1.807) is 30.0 Å². The van der Waals surface area contributed by atoms with Crippen LogP contribution in [0.25, 0.3) is 0 Å². The van der Waals surface area contributed by atoms with Crippen LogP contribution in [0.2, 0.25) is 5.02 Å². The second kappa shape index (κ2) is 7.64. The SMILES string of the molecule is CN(C)C(=O)N1CCC(C(=O)NCc2ccc(F)c(Cl)c2)CC1. The van der Waals surface area contributed by atoms with Gasteiger partial charge in [0, 0.05) is 39.6 Å². The van der Waals surface area contributed by atoms with E-state index in [9.17, 15) is 14.0 Å². The van der Waals surface area contributed by atoms with E-state index in [0.29, 0.717) is 32.5 Å². The predicted molar refractivity (Wildman–Crippen MR) is 86.6 cm³/mol. The smallest absolute Gasteiger partial charge is 0.319 e. The molecule has 0 aromatic heterocycles. The van der Waals surface area contributed by atoms with Gasteiger partial charge in [-0.2, -0.15) is 0 Å². The fourth-order valence-electron chi connectivity index (χ4n) is 2.60. The Morgan fingerprint density at radius 2 is 2.00 bits per heavy atom. The van der Waals surface area contributed by atoms with E-state index in [2.05, 4.69) is 5.32 Å². The standard InChI is InChI=1S/C16H21ClFN3O2/c1-20(2)16(23)21-7-5-12(6-8-21)15(22)19-10-11-3-4-14(18)13(17)9-11/h3-4,9,12H,5-8,10H2,1-2H3,(H,19,22). The molecule has 5 nitrogen and oxygen atoms in total. The first-order chi connectivity index (χ1) is 10.9. The first kappa shape index (κ1) is 17.5. The highest BCUT2D eigenvalue weighted by Crippen LogP contribution is 2.19. The summed E-state index contributed by atoms with van der Waals surface area (Å²) in [5.41, 5.74) is 0.755. The number of hydrogen-bond donors (Lipinski definition) is 1. The molecule has 0 radical (unpaired) electrons. The summed E-state index contributed by atoms with van der Waals surface area (Å²) in [6, 6.07) is 4.37. The molecule has 1 aromatic rings. The summed E-state index contributed by atoms with van der Waals surface area (Å²) in [5, 5.41) is 2.90. The molecule has 1 N–H and O–H groups in total. The number of piperidine rings is 1. The lowest BCUT2D eigenvalue weighted by molar-refractivity contribution is -0.126. The zero-order valence-corrected chi connectivity index (χ0v) is 14.1. The van der Waals surface area contributed by atoms with E-state index in [0.717, 1.165) is 5.56 Å². The first-order valence-electron chi connectivity index (χ1n) is 7.56. The zero-order chi connectivity index (χ0) is 17.0. The molecule has 1 aliphatic heterocycles. The number of nitrogens with zero attached hydrogens (tertiary/aromatic N) is 2. The molecule has 0 unspecified atom stereocenters. The molecule has 7 heteroatoms. The van der Waals surface area contributed by atoms with Crippen molar-refractivity contribution >= 4 is 23.5 Å². The van der Waals surface area contributed by atoms with Gasteiger partial charge < -0.3 is 15.1 Å². The molecule has 0 bridgehead atoms. The van der Waals surface area contributed by atoms with Crippen LogP contribution in [0.1, 0.15) is 18.4 Å². The van der Waals surface area contributed by atoms with Crippen molar-refractivity contribution in [1.29, 1.82) is 0 Å². The van der Waals surface area contributed by atoms with Crippen LogP contribution in [0.3, 0.4) is 0 Å². The minimum atomic E-state index is -0.473. The van der Waals surface area contributed by atoms with Gasteiger partial charge in [-0.25, -0.2) is 9.18 Å². The molecule has 0 saturated carbocycles. The Morgan fingerprint density at radius 1 is 1.35 bits per heavy atom. The van der Waals surface area contributed by atoms with E-state index in [1.807, 2.05) is 0 Å². The highest BCUT2D eigenvalue weighted by Gasteiger charge is 2.27. The van der Waals surface area contributed by atoms with Crippen molar-refractivity contribution in [2.75, 3.05) is 27.2 Å². The van der Waals surface area contributed by atoms with Crippen molar-refractivity contribution in [3.8, 4) is 0 Å². The molecule has 1 aromatic carbocycles. The monoisotopic (exact) mass is 341 g/mol. The fraction of sp³-hybridized carbons (Fsp3) is 0.500. The molecule has 1 aliphatic rings. The Bertz CT molecular complexity index is 587. The molecule has 1 heterocycles. The van der Waals surface area contributed by atoms with Gasteiger partial charge in [-0.1, -0.05) is 17.7 Å². The van der Waals surface area contributed by atoms with Gasteiger partial charge in [-0.15, -0.1) is 0 Å². The van der Waals surface area contributed by atoms with Gasteiger partial charge in [0.25, 0.3) is 0 Å². The van der Waals surface area contributed by atoms with Crippen LogP contribution >= 0.6 is 11.6 Å². The number of nitrogens with one attached hydrogen (secondary N) is 1. The Morgan fingerprint density at radius 3 is 2.57 bits per heavy atom. The molecule has 126 valence electrons. The molecule has 0 spiro atoms. The van der Waals surface area contributed by atoms with Crippen molar-refractivity contribution in [2.24, 2.45) is 5.92 Å². The third kappa shape index (κ3) is 4.58. The Balaban J connectivity index is 1.81. The van der Waals surface area contributed by atoms with Gasteiger partial charge in [0.1, 0.15) is 5.82 Å². The van der Waals surface area contributed by atoms with Crippen LogP contribution in [0.5, 0.6) is 0 Å². The number of carbonyl (C=O) groups excluding carboxylic acids is 2. The zero-order valence-electron chi connectivity index (χ0n) is 13.3. The lowest BCUT2D eigenvalue weighted by atomic mass is 9.96. The maximum atomic E-state index is 13.1. The van der Waals surface area contributed by atoms with Crippen molar-refractivity contribution in [3.05, 3.63) is 34.6 Å². The number of urea groups is 1. The van der Waals surface area contributed by atoms with Gasteiger partial charge in [-0.05, 0) is 30.5 Å². The molecule has 3 amide bonds. The third-order valence-corrected chi connectivity index (χ3v) is 4.26. The summed E-state index contributed by atoms with van der Waals surface area (Å²) in [4.78, 5) is 27.3. The van der Waals surface area contributed by atoms with E-state index < -0.39 is 5.82 Å². The van der Waals surface area contributed by atoms with Crippen molar-refractivity contribution < 1.29 is 14.0 Å². The van der Waals surface area contributed by atoms with Gasteiger partial charge >= 0.3 is 6.03 Å². The predicted octanol–water partition coefficient (Wildman–Crippen LogP) is 2.49. The van der Waals surface area contributed by atoms with Crippen LogP contribution in [0.15, 0.2) is 18.2 Å². The van der Waals surface area contributed by atoms with E-state index in [-0.39, 0.29) is 22.9 Å². The average Bonchev–Trinajstić information content (AvgIpc) is 2.55. The average molecular weight is 342 g/mol. The molecule has 1 saturated heterocycles. The largest absolute Gasteiger partial charge is 0.352 e. The summed E-state index contributed by atoms with van der Waals surface area (Å²) in [7, 11) is 3.43. The summed E-state index contributed by atoms with van der Waals surface area (Å²) >= 11 is 5.72. The molecule has 1 fully saturated rings. The normalized spacial score (nSPS) is 15.4. The number of amides is 3. The second-order valence-corrected chi connectivity index (χ2v) is 6.31. The highest BCUT2D eigenvalue weighted by molar-refractivity contribution is 6.30. The molecule has 0 aliphatic carbocycles. The summed E-state index contributed by atoms with van der Waals surface area (Å²) in [5.74, 6) is -0.612. The topological polar surface area (TPSA) is 52.7 Å². The summed E-state index contributed by atoms with van der Waals surface area (Å²) < 4.78 is 13.1. The third-order valence-electron chi connectivity index (χ3n) is 3.97. The molecule has 0 atom stereocenters. The molecule has 2 rings (SSSR count). The Labute approximate surface area is 140 Å². The van der Waals surface area contributed by atoms with E-state index >= 15 is 0 Å². The number of carbonyl (C=O) groups is 2. The van der Waals surface area contributed by atoms with Gasteiger partial charge in [0.05, 0.1) is 5.02 Å². The second-order valence-electron chi connectivity index (χ2n) is 5.90. The minimum Gasteiger partial charge on any atom is -0.352 e. The lowest BCUT2D eigenvalue weighted by Gasteiger charge is -2.33. The Kier molecular flexibility index (Phi) is 5.82. The number of benzene rings is 1. The minimum absolute atomic E-state index is 0.0233. The maximum Gasteiger partial charge on any atom is 0.319 e. The van der Waals surface area contributed by atoms with Crippen LogP contribution in [-0.4, -0.2) is 48.9 Å². The van der Waals surface area contributed by atoms with E-state index in [1.165, 1.54) is 12.1 Å². The number of halogens is 2. The van der Waals surface area contributed by atoms with Crippen LogP contribution in [0, 0.1) is 11.7 Å². The fourth-order valence-corrected chi connectivity index (χ4v) is 2.80. The Hall–Kier alpha value is -1.82.